The molecule has 0 aliphatic rings. The summed E-state index contributed by atoms with van der Waals surface area (Å²) in [6.45, 7) is 7.47. The van der Waals surface area contributed by atoms with E-state index >= 15 is 0 Å². The zero-order valence-corrected chi connectivity index (χ0v) is 8.50. The Labute approximate surface area is 78.6 Å². The molecule has 0 atom stereocenters. The highest BCUT2D eigenvalue weighted by atomic mass is 17.1. The fourth-order valence-electron chi connectivity index (χ4n) is 0.866. The van der Waals surface area contributed by atoms with Gasteiger partial charge in [-0.15, -0.1) is 0 Å². The second-order valence-corrected chi connectivity index (χ2v) is 3.73. The van der Waals surface area contributed by atoms with E-state index in [0.29, 0.717) is 5.57 Å². The van der Waals surface area contributed by atoms with Crippen LogP contribution in [0.25, 0.3) is 0 Å². The summed E-state index contributed by atoms with van der Waals surface area (Å²) in [7, 11) is 0. The van der Waals surface area contributed by atoms with Gasteiger partial charge in [-0.05, 0) is 12.3 Å². The van der Waals surface area contributed by atoms with E-state index in [-0.39, 0.29) is 5.41 Å². The molecule has 0 radical (unpaired) electrons. The molecule has 0 saturated heterocycles. The van der Waals surface area contributed by atoms with Gasteiger partial charge in [0, 0.05) is 5.57 Å². The molecule has 0 amide bonds. The normalized spacial score (nSPS) is 13.5. The smallest absolute Gasteiger partial charge is 0.296 e. The van der Waals surface area contributed by atoms with Gasteiger partial charge in [-0.1, -0.05) is 39.0 Å². The fraction of sp³-hybridized carbons (Fsp3) is 0.500. The molecule has 74 valence electrons. The lowest BCUT2D eigenvalue weighted by molar-refractivity contribution is -0.230. The highest BCUT2D eigenvalue weighted by molar-refractivity contribution is 5.89. The first kappa shape index (κ1) is 11.9. The number of hydrogen-bond donors (Lipinski definition) is 1. The van der Waals surface area contributed by atoms with Crippen molar-refractivity contribution in [1.29, 1.82) is 0 Å². The molecule has 0 rings (SSSR count). The number of hydrogen-bond acceptors (Lipinski definition) is 3. The van der Waals surface area contributed by atoms with Crippen molar-refractivity contribution in [3.05, 3.63) is 23.8 Å². The number of carbonyl (C=O) groups excluding carboxylic acids is 1. The number of rotatable bonds is 2. The summed E-state index contributed by atoms with van der Waals surface area (Å²) in [6, 6.07) is 0. The van der Waals surface area contributed by atoms with Crippen LogP contribution >= 0.6 is 0 Å². The topological polar surface area (TPSA) is 46.5 Å². The summed E-state index contributed by atoms with van der Waals surface area (Å²) >= 11 is 0. The maximum absolute atomic E-state index is 11.1. The van der Waals surface area contributed by atoms with Crippen molar-refractivity contribution in [2.75, 3.05) is 0 Å². The Morgan fingerprint density at radius 3 is 2.23 bits per heavy atom. The summed E-state index contributed by atoms with van der Waals surface area (Å²) in [5, 5.41) is 8.25. The Morgan fingerprint density at radius 2 is 1.92 bits per heavy atom. The average molecular weight is 184 g/mol. The largest absolute Gasteiger partial charge is 0.369 e. The summed E-state index contributed by atoms with van der Waals surface area (Å²) in [5.74, 6) is -0.703. The van der Waals surface area contributed by atoms with E-state index in [1.54, 1.807) is 18.2 Å². The van der Waals surface area contributed by atoms with Crippen molar-refractivity contribution in [3.63, 3.8) is 0 Å². The van der Waals surface area contributed by atoms with Gasteiger partial charge in [0.2, 0.25) is 0 Å². The predicted molar refractivity (Wildman–Crippen MR) is 51.1 cm³/mol. The van der Waals surface area contributed by atoms with E-state index < -0.39 is 5.97 Å². The van der Waals surface area contributed by atoms with E-state index in [0.717, 1.165) is 0 Å². The van der Waals surface area contributed by atoms with Crippen LogP contribution < -0.4 is 0 Å². The Bertz CT molecular complexity index is 231. The Morgan fingerprint density at radius 1 is 1.38 bits per heavy atom. The van der Waals surface area contributed by atoms with Crippen LogP contribution in [-0.2, 0) is 9.68 Å². The molecule has 0 aliphatic heterocycles. The van der Waals surface area contributed by atoms with E-state index in [2.05, 4.69) is 4.89 Å². The lowest BCUT2D eigenvalue weighted by Gasteiger charge is -2.19. The van der Waals surface area contributed by atoms with Gasteiger partial charge in [-0.25, -0.2) is 4.79 Å². The lowest BCUT2D eigenvalue weighted by atomic mass is 9.86. The Hall–Kier alpha value is -1.09. The molecule has 13 heavy (non-hydrogen) atoms. The third-order valence-electron chi connectivity index (χ3n) is 1.57. The van der Waals surface area contributed by atoms with Crippen molar-refractivity contribution in [3.8, 4) is 0 Å². The molecule has 0 aromatic heterocycles. The molecule has 0 spiro atoms. The standard InChI is InChI=1S/C10H16O3/c1-5-6-7-8(9(11)13-12)10(2,3)4/h5-7,12H,1-4H3. The first-order valence-corrected chi connectivity index (χ1v) is 4.12. The molecule has 0 aromatic rings. The second-order valence-electron chi connectivity index (χ2n) is 3.73. The van der Waals surface area contributed by atoms with Gasteiger partial charge < -0.3 is 0 Å². The third kappa shape index (κ3) is 3.90. The average Bonchev–Trinajstić information content (AvgIpc) is 2.02. The Balaban J connectivity index is 4.87. The van der Waals surface area contributed by atoms with Crippen LogP contribution in [0.2, 0.25) is 0 Å². The predicted octanol–water partition coefficient (Wildman–Crippen LogP) is 2.55. The van der Waals surface area contributed by atoms with Gasteiger partial charge >= 0.3 is 5.97 Å². The summed E-state index contributed by atoms with van der Waals surface area (Å²) in [5.41, 5.74) is 0.104. The summed E-state index contributed by atoms with van der Waals surface area (Å²) < 4.78 is 0. The number of allylic oxidation sites excluding steroid dienone is 3. The zero-order chi connectivity index (χ0) is 10.5. The van der Waals surface area contributed by atoms with Crippen molar-refractivity contribution >= 4 is 5.97 Å². The molecular formula is C10H16O3. The Kier molecular flexibility index (Phi) is 4.42. The molecular weight excluding hydrogens is 168 g/mol. The van der Waals surface area contributed by atoms with Crippen LogP contribution in [0.4, 0.5) is 0 Å². The zero-order valence-electron chi connectivity index (χ0n) is 8.50. The second kappa shape index (κ2) is 4.82. The maximum atomic E-state index is 11.1. The molecule has 0 fully saturated rings. The minimum absolute atomic E-state index is 0.334. The lowest BCUT2D eigenvalue weighted by Crippen LogP contribution is -2.19. The van der Waals surface area contributed by atoms with Gasteiger partial charge in [0.05, 0.1) is 0 Å². The van der Waals surface area contributed by atoms with Crippen LogP contribution in [0.1, 0.15) is 27.7 Å². The van der Waals surface area contributed by atoms with Gasteiger partial charge in [-0.2, -0.15) is 5.26 Å². The van der Waals surface area contributed by atoms with Crippen molar-refractivity contribution in [1.82, 2.24) is 0 Å². The molecule has 1 N–H and O–H groups in total. The van der Waals surface area contributed by atoms with Gasteiger partial charge in [0.1, 0.15) is 0 Å². The van der Waals surface area contributed by atoms with E-state index in [4.69, 9.17) is 5.26 Å². The highest BCUT2D eigenvalue weighted by Gasteiger charge is 2.24. The van der Waals surface area contributed by atoms with Crippen LogP contribution in [0.15, 0.2) is 23.8 Å². The van der Waals surface area contributed by atoms with Crippen LogP contribution in [-0.4, -0.2) is 11.2 Å². The van der Waals surface area contributed by atoms with Gasteiger partial charge in [-0.3, -0.25) is 4.89 Å². The fourth-order valence-corrected chi connectivity index (χ4v) is 0.866. The molecule has 0 aliphatic carbocycles. The van der Waals surface area contributed by atoms with Crippen LogP contribution in [0, 0.1) is 5.41 Å². The third-order valence-corrected chi connectivity index (χ3v) is 1.57. The van der Waals surface area contributed by atoms with Crippen LogP contribution in [0.5, 0.6) is 0 Å². The van der Waals surface area contributed by atoms with Crippen molar-refractivity contribution < 1.29 is 14.9 Å². The van der Waals surface area contributed by atoms with Crippen LogP contribution in [0.3, 0.4) is 0 Å². The minimum atomic E-state index is -0.703. The summed E-state index contributed by atoms with van der Waals surface area (Å²) in [4.78, 5) is 14.8. The van der Waals surface area contributed by atoms with Gasteiger partial charge in [0.25, 0.3) is 0 Å². The molecule has 0 heterocycles. The quantitative estimate of drug-likeness (QED) is 0.310. The molecule has 0 aromatic carbocycles. The molecule has 3 nitrogen and oxygen atoms in total. The molecule has 0 bridgehead atoms. The minimum Gasteiger partial charge on any atom is -0.296 e. The monoisotopic (exact) mass is 184 g/mol. The molecule has 3 heteroatoms. The maximum Gasteiger partial charge on any atom is 0.369 e. The molecule has 0 unspecified atom stereocenters. The first-order chi connectivity index (χ1) is 5.93. The highest BCUT2D eigenvalue weighted by Crippen LogP contribution is 2.25. The van der Waals surface area contributed by atoms with Gasteiger partial charge in [0.15, 0.2) is 0 Å². The van der Waals surface area contributed by atoms with Crippen molar-refractivity contribution in [2.45, 2.75) is 27.7 Å². The van der Waals surface area contributed by atoms with E-state index in [9.17, 15) is 4.79 Å². The SMILES string of the molecule is CC=CC=C(C(=O)OO)C(C)(C)C. The first-order valence-electron chi connectivity index (χ1n) is 4.12. The van der Waals surface area contributed by atoms with E-state index in [1.165, 1.54) is 0 Å². The number of carbonyl (C=O) groups is 1. The van der Waals surface area contributed by atoms with Crippen molar-refractivity contribution in [2.24, 2.45) is 5.41 Å². The summed E-state index contributed by atoms with van der Waals surface area (Å²) in [6.07, 6.45) is 5.17. The van der Waals surface area contributed by atoms with E-state index in [1.807, 2.05) is 27.7 Å². The molecule has 0 saturated carbocycles.